The first-order valence-corrected chi connectivity index (χ1v) is 5.70. The summed E-state index contributed by atoms with van der Waals surface area (Å²) in [5, 5.41) is 9.63. The van der Waals surface area contributed by atoms with Crippen LogP contribution in [0.1, 0.15) is 31.7 Å². The Morgan fingerprint density at radius 3 is 2.62 bits per heavy atom. The third-order valence-corrected chi connectivity index (χ3v) is 2.48. The Balaban J connectivity index is 2.43. The van der Waals surface area contributed by atoms with E-state index in [9.17, 15) is 5.11 Å². The molecule has 0 unspecified atom stereocenters. The van der Waals surface area contributed by atoms with E-state index in [-0.39, 0.29) is 0 Å². The second kappa shape index (κ2) is 5.41. The summed E-state index contributed by atoms with van der Waals surface area (Å²) in [6.45, 7) is 7.38. The number of aryl methyl sites for hydroxylation is 1. The summed E-state index contributed by atoms with van der Waals surface area (Å²) in [6, 6.07) is 6.06. The molecule has 90 valence electrons. The van der Waals surface area contributed by atoms with Gasteiger partial charge in [0.15, 0.2) is 0 Å². The smallest absolute Gasteiger partial charge is 0.0603 e. The van der Waals surface area contributed by atoms with Gasteiger partial charge in [-0.05, 0) is 46.4 Å². The molecule has 0 saturated carbocycles. The first-order chi connectivity index (χ1) is 7.37. The van der Waals surface area contributed by atoms with E-state index in [0.29, 0.717) is 0 Å². The number of aromatic nitrogens is 1. The van der Waals surface area contributed by atoms with Gasteiger partial charge in [-0.2, -0.15) is 0 Å². The fourth-order valence-corrected chi connectivity index (χ4v) is 1.51. The number of hydrogen-bond donors (Lipinski definition) is 1. The highest BCUT2D eigenvalue weighted by molar-refractivity contribution is 5.09. The van der Waals surface area contributed by atoms with Crippen LogP contribution in [0, 0.1) is 6.92 Å². The number of hydrogen-bond acceptors (Lipinski definition) is 3. The van der Waals surface area contributed by atoms with E-state index in [1.54, 1.807) is 0 Å². The van der Waals surface area contributed by atoms with E-state index in [1.807, 2.05) is 39.0 Å². The van der Waals surface area contributed by atoms with Crippen LogP contribution in [0.15, 0.2) is 18.2 Å². The molecular formula is C13H22N2O. The Morgan fingerprint density at radius 2 is 2.06 bits per heavy atom. The van der Waals surface area contributed by atoms with Crippen LogP contribution in [0.3, 0.4) is 0 Å². The maximum absolute atomic E-state index is 9.63. The Hall–Kier alpha value is -0.930. The topological polar surface area (TPSA) is 36.4 Å². The zero-order valence-electron chi connectivity index (χ0n) is 10.7. The van der Waals surface area contributed by atoms with Crippen LogP contribution < -0.4 is 0 Å². The summed E-state index contributed by atoms with van der Waals surface area (Å²) in [7, 11) is 2.05. The fraction of sp³-hybridized carbons (Fsp3) is 0.615. The lowest BCUT2D eigenvalue weighted by Gasteiger charge is -2.22. The number of rotatable bonds is 5. The van der Waals surface area contributed by atoms with Crippen molar-refractivity contribution >= 4 is 0 Å². The van der Waals surface area contributed by atoms with E-state index in [2.05, 4.69) is 16.9 Å². The van der Waals surface area contributed by atoms with Crippen LogP contribution in [0.4, 0.5) is 0 Å². The molecule has 1 N–H and O–H groups in total. The van der Waals surface area contributed by atoms with Gasteiger partial charge in [-0.25, -0.2) is 0 Å². The molecule has 0 fully saturated rings. The molecular weight excluding hydrogens is 200 g/mol. The van der Waals surface area contributed by atoms with Crippen LogP contribution in [0.25, 0.3) is 0 Å². The second-order valence-corrected chi connectivity index (χ2v) is 5.07. The van der Waals surface area contributed by atoms with E-state index in [0.717, 1.165) is 30.9 Å². The Bertz CT molecular complexity index is 331. The zero-order chi connectivity index (χ0) is 12.2. The van der Waals surface area contributed by atoms with E-state index < -0.39 is 5.60 Å². The van der Waals surface area contributed by atoms with Crippen molar-refractivity contribution < 1.29 is 5.11 Å². The molecule has 0 saturated heterocycles. The summed E-state index contributed by atoms with van der Waals surface area (Å²) in [5.41, 5.74) is 1.54. The zero-order valence-corrected chi connectivity index (χ0v) is 10.7. The molecule has 0 aliphatic rings. The summed E-state index contributed by atoms with van der Waals surface area (Å²) in [5.74, 6) is 0. The molecule has 1 heterocycles. The van der Waals surface area contributed by atoms with Gasteiger partial charge in [0.05, 0.1) is 11.3 Å². The number of nitrogens with zero attached hydrogens (tertiary/aromatic N) is 2. The summed E-state index contributed by atoms with van der Waals surface area (Å²) in [4.78, 5) is 6.63. The van der Waals surface area contributed by atoms with Crippen LogP contribution in [-0.2, 0) is 6.54 Å². The standard InChI is InChI=1S/C13H22N2O/c1-11-6-5-7-12(14-11)10-15(4)9-8-13(2,3)16/h5-7,16H,8-10H2,1-4H3. The predicted octanol–water partition coefficient (Wildman–Crippen LogP) is 1.98. The molecule has 1 aromatic rings. The molecule has 3 heteroatoms. The van der Waals surface area contributed by atoms with Gasteiger partial charge in [0.2, 0.25) is 0 Å². The number of aliphatic hydroxyl groups is 1. The summed E-state index contributed by atoms with van der Waals surface area (Å²) in [6.07, 6.45) is 0.773. The van der Waals surface area contributed by atoms with E-state index in [1.165, 1.54) is 0 Å². The molecule has 0 radical (unpaired) electrons. The molecule has 3 nitrogen and oxygen atoms in total. The molecule has 1 rings (SSSR count). The molecule has 0 aliphatic heterocycles. The SMILES string of the molecule is Cc1cccc(CN(C)CCC(C)(C)O)n1. The van der Waals surface area contributed by atoms with Crippen LogP contribution in [-0.4, -0.2) is 34.2 Å². The minimum absolute atomic E-state index is 0.589. The van der Waals surface area contributed by atoms with Crippen LogP contribution in [0.5, 0.6) is 0 Å². The van der Waals surface area contributed by atoms with Crippen molar-refractivity contribution in [2.24, 2.45) is 0 Å². The normalized spacial score (nSPS) is 12.1. The Labute approximate surface area is 98.1 Å². The first-order valence-electron chi connectivity index (χ1n) is 5.70. The van der Waals surface area contributed by atoms with Crippen molar-refractivity contribution in [3.8, 4) is 0 Å². The van der Waals surface area contributed by atoms with Gasteiger partial charge in [-0.1, -0.05) is 6.07 Å². The van der Waals surface area contributed by atoms with Gasteiger partial charge in [0.25, 0.3) is 0 Å². The minimum Gasteiger partial charge on any atom is -0.390 e. The molecule has 0 amide bonds. The highest BCUT2D eigenvalue weighted by atomic mass is 16.3. The van der Waals surface area contributed by atoms with Gasteiger partial charge >= 0.3 is 0 Å². The maximum atomic E-state index is 9.63. The lowest BCUT2D eigenvalue weighted by molar-refractivity contribution is 0.0598. The van der Waals surface area contributed by atoms with Crippen molar-refractivity contribution in [1.82, 2.24) is 9.88 Å². The van der Waals surface area contributed by atoms with Gasteiger partial charge in [-0.15, -0.1) is 0 Å². The van der Waals surface area contributed by atoms with Crippen LogP contribution >= 0.6 is 0 Å². The van der Waals surface area contributed by atoms with Gasteiger partial charge < -0.3 is 10.0 Å². The molecule has 0 atom stereocenters. The molecule has 0 aromatic carbocycles. The quantitative estimate of drug-likeness (QED) is 0.827. The highest BCUT2D eigenvalue weighted by Crippen LogP contribution is 2.09. The molecule has 16 heavy (non-hydrogen) atoms. The van der Waals surface area contributed by atoms with E-state index in [4.69, 9.17) is 0 Å². The predicted molar refractivity (Wildman–Crippen MR) is 66.2 cm³/mol. The average molecular weight is 222 g/mol. The second-order valence-electron chi connectivity index (χ2n) is 5.07. The monoisotopic (exact) mass is 222 g/mol. The Kier molecular flexibility index (Phi) is 4.44. The van der Waals surface area contributed by atoms with Crippen molar-refractivity contribution in [2.75, 3.05) is 13.6 Å². The molecule has 1 aromatic heterocycles. The minimum atomic E-state index is -0.589. The fourth-order valence-electron chi connectivity index (χ4n) is 1.51. The summed E-state index contributed by atoms with van der Waals surface area (Å²) < 4.78 is 0. The van der Waals surface area contributed by atoms with Crippen molar-refractivity contribution in [2.45, 2.75) is 39.3 Å². The Morgan fingerprint density at radius 1 is 1.38 bits per heavy atom. The summed E-state index contributed by atoms with van der Waals surface area (Å²) >= 11 is 0. The molecule has 0 aliphatic carbocycles. The van der Waals surface area contributed by atoms with Crippen molar-refractivity contribution in [1.29, 1.82) is 0 Å². The molecule has 0 bridgehead atoms. The van der Waals surface area contributed by atoms with E-state index >= 15 is 0 Å². The number of pyridine rings is 1. The third-order valence-electron chi connectivity index (χ3n) is 2.48. The van der Waals surface area contributed by atoms with Crippen LogP contribution in [0.2, 0.25) is 0 Å². The average Bonchev–Trinajstić information content (AvgIpc) is 2.14. The largest absolute Gasteiger partial charge is 0.390 e. The third kappa shape index (κ3) is 5.24. The van der Waals surface area contributed by atoms with Crippen molar-refractivity contribution in [3.63, 3.8) is 0 Å². The maximum Gasteiger partial charge on any atom is 0.0603 e. The molecule has 0 spiro atoms. The van der Waals surface area contributed by atoms with Gasteiger partial charge in [0, 0.05) is 18.8 Å². The van der Waals surface area contributed by atoms with Gasteiger partial charge in [0.1, 0.15) is 0 Å². The van der Waals surface area contributed by atoms with Crippen molar-refractivity contribution in [3.05, 3.63) is 29.6 Å². The highest BCUT2D eigenvalue weighted by Gasteiger charge is 2.13. The lowest BCUT2D eigenvalue weighted by atomic mass is 10.1. The van der Waals surface area contributed by atoms with Gasteiger partial charge in [-0.3, -0.25) is 4.98 Å². The first kappa shape index (κ1) is 13.1. The lowest BCUT2D eigenvalue weighted by Crippen LogP contribution is -2.28.